The Kier molecular flexibility index (Phi) is 2.15. The number of rotatable bonds is 2. The van der Waals surface area contributed by atoms with E-state index in [1.165, 1.54) is 12.1 Å². The van der Waals surface area contributed by atoms with Crippen molar-refractivity contribution in [3.05, 3.63) is 29.3 Å². The van der Waals surface area contributed by atoms with Crippen LogP contribution in [0.1, 0.15) is 11.1 Å². The standard InChI is InChI=1S/C10H11F2NO/c11-10(12,6-13)8-1-2-9-7(5-8)3-4-14-9/h1-2,5H,3-4,6,13H2. The predicted octanol–water partition coefficient (Wildman–Crippen LogP) is 1.67. The zero-order chi connectivity index (χ0) is 10.2. The highest BCUT2D eigenvalue weighted by molar-refractivity contribution is 5.41. The molecule has 0 radical (unpaired) electrons. The molecule has 0 fully saturated rings. The highest BCUT2D eigenvalue weighted by Crippen LogP contribution is 2.32. The summed E-state index contributed by atoms with van der Waals surface area (Å²) in [6.45, 7) is -0.0837. The SMILES string of the molecule is NCC(F)(F)c1ccc2c(c1)CCO2. The van der Waals surface area contributed by atoms with Crippen molar-refractivity contribution in [3.8, 4) is 5.75 Å². The van der Waals surface area contributed by atoms with E-state index in [1.807, 2.05) is 0 Å². The molecule has 4 heteroatoms. The van der Waals surface area contributed by atoms with Crippen LogP contribution in [0.5, 0.6) is 5.75 Å². The van der Waals surface area contributed by atoms with Gasteiger partial charge in [-0.05, 0) is 23.8 Å². The summed E-state index contributed by atoms with van der Waals surface area (Å²) in [6, 6.07) is 4.44. The minimum absolute atomic E-state index is 0.0238. The lowest BCUT2D eigenvalue weighted by Crippen LogP contribution is -2.25. The van der Waals surface area contributed by atoms with E-state index in [0.29, 0.717) is 18.8 Å². The van der Waals surface area contributed by atoms with Gasteiger partial charge in [0, 0.05) is 12.0 Å². The first-order valence-electron chi connectivity index (χ1n) is 4.47. The van der Waals surface area contributed by atoms with Gasteiger partial charge in [0.25, 0.3) is 5.92 Å². The number of benzene rings is 1. The Morgan fingerprint density at radius 1 is 1.43 bits per heavy atom. The summed E-state index contributed by atoms with van der Waals surface area (Å²) in [6.07, 6.45) is 0.698. The molecular formula is C10H11F2NO. The van der Waals surface area contributed by atoms with Gasteiger partial charge in [-0.3, -0.25) is 0 Å². The van der Waals surface area contributed by atoms with Crippen molar-refractivity contribution < 1.29 is 13.5 Å². The molecule has 14 heavy (non-hydrogen) atoms. The fraction of sp³-hybridized carbons (Fsp3) is 0.400. The van der Waals surface area contributed by atoms with E-state index in [0.717, 1.165) is 5.56 Å². The van der Waals surface area contributed by atoms with E-state index in [1.54, 1.807) is 6.07 Å². The van der Waals surface area contributed by atoms with Crippen LogP contribution in [0.3, 0.4) is 0 Å². The molecule has 1 heterocycles. The number of hydrogen-bond acceptors (Lipinski definition) is 2. The number of halogens is 2. The van der Waals surface area contributed by atoms with Crippen molar-refractivity contribution in [3.63, 3.8) is 0 Å². The minimum atomic E-state index is -2.93. The predicted molar refractivity (Wildman–Crippen MR) is 48.6 cm³/mol. The highest BCUT2D eigenvalue weighted by atomic mass is 19.3. The van der Waals surface area contributed by atoms with Crippen LogP contribution in [0.25, 0.3) is 0 Å². The summed E-state index contributed by atoms with van der Waals surface area (Å²) in [5.41, 5.74) is 5.82. The maximum absolute atomic E-state index is 13.2. The second-order valence-electron chi connectivity index (χ2n) is 3.33. The molecule has 0 amide bonds. The van der Waals surface area contributed by atoms with Gasteiger partial charge in [0.05, 0.1) is 13.2 Å². The quantitative estimate of drug-likeness (QED) is 0.786. The van der Waals surface area contributed by atoms with Crippen molar-refractivity contribution in [1.29, 1.82) is 0 Å². The lowest BCUT2D eigenvalue weighted by molar-refractivity contribution is 0.00589. The van der Waals surface area contributed by atoms with Crippen molar-refractivity contribution in [2.75, 3.05) is 13.2 Å². The van der Waals surface area contributed by atoms with Crippen LogP contribution in [0.15, 0.2) is 18.2 Å². The first kappa shape index (κ1) is 9.40. The first-order valence-corrected chi connectivity index (χ1v) is 4.47. The third kappa shape index (κ3) is 1.46. The summed E-state index contributed by atoms with van der Waals surface area (Å²) in [4.78, 5) is 0. The molecule has 0 saturated carbocycles. The van der Waals surface area contributed by atoms with Gasteiger partial charge in [-0.15, -0.1) is 0 Å². The zero-order valence-electron chi connectivity index (χ0n) is 7.59. The van der Waals surface area contributed by atoms with Crippen LogP contribution in [-0.2, 0) is 12.3 Å². The number of fused-ring (bicyclic) bond motifs is 1. The summed E-state index contributed by atoms with van der Waals surface area (Å²) in [7, 11) is 0. The molecule has 0 unspecified atom stereocenters. The summed E-state index contributed by atoms with van der Waals surface area (Å²) in [5, 5.41) is 0. The normalized spacial score (nSPS) is 15.1. The Bertz CT molecular complexity index is 352. The van der Waals surface area contributed by atoms with Crippen molar-refractivity contribution in [2.45, 2.75) is 12.3 Å². The van der Waals surface area contributed by atoms with Crippen molar-refractivity contribution >= 4 is 0 Å². The lowest BCUT2D eigenvalue weighted by Gasteiger charge is -2.14. The van der Waals surface area contributed by atoms with Crippen LogP contribution in [0.4, 0.5) is 8.78 Å². The van der Waals surface area contributed by atoms with Crippen LogP contribution < -0.4 is 10.5 Å². The maximum Gasteiger partial charge on any atom is 0.285 e. The highest BCUT2D eigenvalue weighted by Gasteiger charge is 2.30. The van der Waals surface area contributed by atoms with Gasteiger partial charge in [-0.25, -0.2) is 0 Å². The minimum Gasteiger partial charge on any atom is -0.493 e. The van der Waals surface area contributed by atoms with Crippen LogP contribution in [-0.4, -0.2) is 13.2 Å². The molecular weight excluding hydrogens is 188 g/mol. The first-order chi connectivity index (χ1) is 6.63. The largest absolute Gasteiger partial charge is 0.493 e. The Labute approximate surface area is 80.7 Å². The topological polar surface area (TPSA) is 35.2 Å². The molecule has 0 spiro atoms. The third-order valence-electron chi connectivity index (χ3n) is 2.37. The molecule has 0 aliphatic carbocycles. The molecule has 1 aliphatic heterocycles. The molecule has 0 atom stereocenters. The van der Waals surface area contributed by atoms with Crippen LogP contribution >= 0.6 is 0 Å². The van der Waals surface area contributed by atoms with E-state index >= 15 is 0 Å². The zero-order valence-corrected chi connectivity index (χ0v) is 7.59. The molecule has 1 aromatic rings. The van der Waals surface area contributed by atoms with E-state index in [2.05, 4.69) is 0 Å². The van der Waals surface area contributed by atoms with Crippen molar-refractivity contribution in [2.24, 2.45) is 5.73 Å². The summed E-state index contributed by atoms with van der Waals surface area (Å²) < 4.78 is 31.6. The summed E-state index contributed by atoms with van der Waals surface area (Å²) >= 11 is 0. The molecule has 1 aromatic carbocycles. The lowest BCUT2D eigenvalue weighted by atomic mass is 10.0. The Balaban J connectivity index is 2.38. The second-order valence-corrected chi connectivity index (χ2v) is 3.33. The van der Waals surface area contributed by atoms with Crippen LogP contribution in [0.2, 0.25) is 0 Å². The monoisotopic (exact) mass is 199 g/mol. The van der Waals surface area contributed by atoms with E-state index in [-0.39, 0.29) is 5.56 Å². The molecule has 1 aliphatic rings. The smallest absolute Gasteiger partial charge is 0.285 e. The molecule has 0 aromatic heterocycles. The third-order valence-corrected chi connectivity index (χ3v) is 2.37. The summed E-state index contributed by atoms with van der Waals surface area (Å²) in [5.74, 6) is -2.22. The van der Waals surface area contributed by atoms with Gasteiger partial charge in [-0.2, -0.15) is 8.78 Å². The molecule has 76 valence electrons. The Morgan fingerprint density at radius 3 is 2.93 bits per heavy atom. The van der Waals surface area contributed by atoms with Gasteiger partial charge < -0.3 is 10.5 Å². The van der Waals surface area contributed by atoms with E-state index in [9.17, 15) is 8.78 Å². The number of alkyl halides is 2. The van der Waals surface area contributed by atoms with Gasteiger partial charge >= 0.3 is 0 Å². The fourth-order valence-corrected chi connectivity index (χ4v) is 1.53. The van der Waals surface area contributed by atoms with Gasteiger partial charge in [-0.1, -0.05) is 0 Å². The Hall–Kier alpha value is -1.16. The number of nitrogens with two attached hydrogens (primary N) is 1. The van der Waals surface area contributed by atoms with Crippen LogP contribution in [0, 0.1) is 0 Å². The van der Waals surface area contributed by atoms with Gasteiger partial charge in [0.2, 0.25) is 0 Å². The van der Waals surface area contributed by atoms with E-state index in [4.69, 9.17) is 10.5 Å². The van der Waals surface area contributed by atoms with Gasteiger partial charge in [0.1, 0.15) is 5.75 Å². The maximum atomic E-state index is 13.2. The molecule has 2 nitrogen and oxygen atoms in total. The molecule has 0 bridgehead atoms. The molecule has 2 N–H and O–H groups in total. The second kappa shape index (κ2) is 3.20. The van der Waals surface area contributed by atoms with Gasteiger partial charge in [0.15, 0.2) is 0 Å². The fourth-order valence-electron chi connectivity index (χ4n) is 1.53. The molecule has 0 saturated heterocycles. The Morgan fingerprint density at radius 2 is 2.21 bits per heavy atom. The number of ether oxygens (including phenoxy) is 1. The van der Waals surface area contributed by atoms with Crippen molar-refractivity contribution in [1.82, 2.24) is 0 Å². The average molecular weight is 199 g/mol. The van der Waals surface area contributed by atoms with E-state index < -0.39 is 12.5 Å². The molecule has 2 rings (SSSR count). The average Bonchev–Trinajstić information content (AvgIpc) is 2.64. The number of hydrogen-bond donors (Lipinski definition) is 1.